The molecule has 2 aromatic rings. The molecule has 6 nitrogen and oxygen atoms in total. The van der Waals surface area contributed by atoms with Crippen LogP contribution in [0.4, 0.5) is 18.9 Å². The Morgan fingerprint density at radius 2 is 2.09 bits per heavy atom. The summed E-state index contributed by atoms with van der Waals surface area (Å²) < 4.78 is 45.4. The molecule has 1 aromatic carbocycles. The molecule has 1 N–H and O–H groups in total. The van der Waals surface area contributed by atoms with Crippen molar-refractivity contribution in [3.63, 3.8) is 0 Å². The minimum absolute atomic E-state index is 0.268. The first kappa shape index (κ1) is 16.7. The Bertz CT molecular complexity index is 650. The van der Waals surface area contributed by atoms with Crippen LogP contribution in [0.15, 0.2) is 42.9 Å². The molecule has 0 radical (unpaired) electrons. The molecule has 1 aromatic heterocycles. The van der Waals surface area contributed by atoms with E-state index in [2.05, 4.69) is 20.0 Å². The molecule has 0 saturated heterocycles. The molecule has 23 heavy (non-hydrogen) atoms. The molecule has 0 bridgehead atoms. The number of aromatic nitrogens is 2. The van der Waals surface area contributed by atoms with Crippen LogP contribution >= 0.6 is 0 Å². The molecule has 0 fully saturated rings. The smallest absolute Gasteiger partial charge is 0.411 e. The zero-order valence-corrected chi connectivity index (χ0v) is 11.7. The van der Waals surface area contributed by atoms with Crippen molar-refractivity contribution in [2.45, 2.75) is 6.18 Å². The lowest BCUT2D eigenvalue weighted by atomic mass is 10.3. The van der Waals surface area contributed by atoms with Gasteiger partial charge in [0, 0.05) is 24.1 Å². The number of nitrogens with one attached hydrogen (secondary N) is 1. The number of benzene rings is 1. The summed E-state index contributed by atoms with van der Waals surface area (Å²) in [6.45, 7) is -2.18. The number of amides is 1. The molecule has 0 aliphatic carbocycles. The van der Waals surface area contributed by atoms with E-state index in [0.29, 0.717) is 11.4 Å². The second-order valence-corrected chi connectivity index (χ2v) is 4.33. The molecule has 122 valence electrons. The van der Waals surface area contributed by atoms with E-state index in [1.54, 1.807) is 18.2 Å². The second kappa shape index (κ2) is 7.54. The summed E-state index contributed by atoms with van der Waals surface area (Å²) in [6, 6.07) is 6.30. The lowest BCUT2D eigenvalue weighted by Gasteiger charge is -2.09. The first-order valence-corrected chi connectivity index (χ1v) is 6.41. The summed E-state index contributed by atoms with van der Waals surface area (Å²) in [5.41, 5.74) is 0.354. The second-order valence-electron chi connectivity index (χ2n) is 4.33. The third-order valence-electron chi connectivity index (χ3n) is 2.38. The number of alkyl halides is 3. The van der Waals surface area contributed by atoms with Crippen LogP contribution in [0.5, 0.6) is 11.6 Å². The SMILES string of the molecule is O=C(COCC(F)(F)F)Nc1cccc(Oc2cnccn2)c1. The number of halogens is 3. The Kier molecular flexibility index (Phi) is 5.47. The van der Waals surface area contributed by atoms with Crippen LogP contribution in [0, 0.1) is 0 Å². The highest BCUT2D eigenvalue weighted by molar-refractivity contribution is 5.91. The van der Waals surface area contributed by atoms with Crippen molar-refractivity contribution in [2.24, 2.45) is 0 Å². The largest absolute Gasteiger partial charge is 0.437 e. The number of hydrogen-bond acceptors (Lipinski definition) is 5. The third-order valence-corrected chi connectivity index (χ3v) is 2.38. The first-order chi connectivity index (χ1) is 10.9. The van der Waals surface area contributed by atoms with Gasteiger partial charge in [0.2, 0.25) is 11.8 Å². The van der Waals surface area contributed by atoms with E-state index in [1.807, 2.05) is 0 Å². The topological polar surface area (TPSA) is 73.3 Å². The van der Waals surface area contributed by atoms with Gasteiger partial charge in [0.25, 0.3) is 0 Å². The maximum absolute atomic E-state index is 11.9. The summed E-state index contributed by atoms with van der Waals surface area (Å²) >= 11 is 0. The highest BCUT2D eigenvalue weighted by atomic mass is 19.4. The molecule has 0 unspecified atom stereocenters. The average Bonchev–Trinajstić information content (AvgIpc) is 2.47. The maximum atomic E-state index is 11.9. The van der Waals surface area contributed by atoms with E-state index in [0.717, 1.165) is 0 Å². The van der Waals surface area contributed by atoms with Crippen LogP contribution in [0.2, 0.25) is 0 Å². The summed E-state index contributed by atoms with van der Waals surface area (Å²) in [5, 5.41) is 2.41. The van der Waals surface area contributed by atoms with Gasteiger partial charge in [-0.2, -0.15) is 13.2 Å². The van der Waals surface area contributed by atoms with Crippen molar-refractivity contribution in [1.82, 2.24) is 9.97 Å². The van der Waals surface area contributed by atoms with Gasteiger partial charge in [-0.1, -0.05) is 6.07 Å². The fraction of sp³-hybridized carbons (Fsp3) is 0.214. The number of rotatable bonds is 6. The normalized spacial score (nSPS) is 11.1. The van der Waals surface area contributed by atoms with Crippen molar-refractivity contribution >= 4 is 11.6 Å². The van der Waals surface area contributed by atoms with Gasteiger partial charge in [0.05, 0.1) is 6.20 Å². The fourth-order valence-corrected chi connectivity index (χ4v) is 1.55. The van der Waals surface area contributed by atoms with E-state index in [-0.39, 0.29) is 5.88 Å². The zero-order chi connectivity index (χ0) is 16.7. The fourth-order valence-electron chi connectivity index (χ4n) is 1.55. The molecule has 2 rings (SSSR count). The molecule has 0 aliphatic heterocycles. The monoisotopic (exact) mass is 327 g/mol. The number of carbonyl (C=O) groups is 1. The van der Waals surface area contributed by atoms with Gasteiger partial charge in [0.1, 0.15) is 19.0 Å². The lowest BCUT2D eigenvalue weighted by molar-refractivity contribution is -0.174. The van der Waals surface area contributed by atoms with E-state index in [9.17, 15) is 18.0 Å². The number of ether oxygens (including phenoxy) is 2. The van der Waals surface area contributed by atoms with Gasteiger partial charge in [-0.15, -0.1) is 0 Å². The highest BCUT2D eigenvalue weighted by Gasteiger charge is 2.27. The Morgan fingerprint density at radius 1 is 1.26 bits per heavy atom. The van der Waals surface area contributed by atoms with Crippen molar-refractivity contribution < 1.29 is 27.4 Å². The van der Waals surface area contributed by atoms with E-state index in [1.165, 1.54) is 24.7 Å². The molecule has 0 atom stereocenters. The van der Waals surface area contributed by atoms with Crippen molar-refractivity contribution in [1.29, 1.82) is 0 Å². The quantitative estimate of drug-likeness (QED) is 0.883. The van der Waals surface area contributed by atoms with Crippen molar-refractivity contribution in [3.8, 4) is 11.6 Å². The molecular weight excluding hydrogens is 315 g/mol. The molecule has 0 saturated carbocycles. The van der Waals surface area contributed by atoms with Crippen molar-refractivity contribution in [3.05, 3.63) is 42.9 Å². The van der Waals surface area contributed by atoms with Crippen LogP contribution in [-0.4, -0.2) is 35.3 Å². The average molecular weight is 327 g/mol. The van der Waals surface area contributed by atoms with Crippen LogP contribution in [0.3, 0.4) is 0 Å². The number of anilines is 1. The van der Waals surface area contributed by atoms with E-state index in [4.69, 9.17) is 4.74 Å². The van der Waals surface area contributed by atoms with Crippen molar-refractivity contribution in [2.75, 3.05) is 18.5 Å². The highest BCUT2D eigenvalue weighted by Crippen LogP contribution is 2.22. The number of nitrogens with zero attached hydrogens (tertiary/aromatic N) is 2. The van der Waals surface area contributed by atoms with Crippen LogP contribution in [0.1, 0.15) is 0 Å². The maximum Gasteiger partial charge on any atom is 0.411 e. The molecule has 0 spiro atoms. The predicted molar refractivity (Wildman–Crippen MR) is 74.1 cm³/mol. The molecule has 1 amide bonds. The van der Waals surface area contributed by atoms with Gasteiger partial charge in [-0.25, -0.2) is 4.98 Å². The van der Waals surface area contributed by atoms with Gasteiger partial charge in [-0.05, 0) is 12.1 Å². The standard InChI is InChI=1S/C14H12F3N3O3/c15-14(16,17)9-22-8-12(21)20-10-2-1-3-11(6-10)23-13-7-18-4-5-19-13/h1-7H,8-9H2,(H,20,21). The zero-order valence-electron chi connectivity index (χ0n) is 11.7. The van der Waals surface area contributed by atoms with Crippen LogP contribution in [0.25, 0.3) is 0 Å². The Balaban J connectivity index is 1.88. The minimum Gasteiger partial charge on any atom is -0.437 e. The van der Waals surface area contributed by atoms with Gasteiger partial charge in [-0.3, -0.25) is 9.78 Å². The Morgan fingerprint density at radius 3 is 2.78 bits per heavy atom. The van der Waals surface area contributed by atoms with Crippen LogP contribution in [-0.2, 0) is 9.53 Å². The molecule has 9 heteroatoms. The third kappa shape index (κ3) is 6.30. The minimum atomic E-state index is -4.47. The first-order valence-electron chi connectivity index (χ1n) is 6.41. The van der Waals surface area contributed by atoms with Gasteiger partial charge >= 0.3 is 6.18 Å². The lowest BCUT2D eigenvalue weighted by Crippen LogP contribution is -2.23. The van der Waals surface area contributed by atoms with E-state index >= 15 is 0 Å². The number of hydrogen-bond donors (Lipinski definition) is 1. The Labute approximate surface area is 129 Å². The molecule has 1 heterocycles. The van der Waals surface area contributed by atoms with Crippen LogP contribution < -0.4 is 10.1 Å². The predicted octanol–water partition coefficient (Wildman–Crippen LogP) is 2.79. The number of carbonyl (C=O) groups excluding carboxylic acids is 1. The Hall–Kier alpha value is -2.68. The summed E-state index contributed by atoms with van der Waals surface area (Å²) in [7, 11) is 0. The summed E-state index contributed by atoms with van der Waals surface area (Å²) in [5.74, 6) is -0.0464. The van der Waals surface area contributed by atoms with E-state index < -0.39 is 25.3 Å². The van der Waals surface area contributed by atoms with Gasteiger partial charge < -0.3 is 14.8 Å². The van der Waals surface area contributed by atoms with Gasteiger partial charge in [0.15, 0.2) is 0 Å². The molecule has 0 aliphatic rings. The summed E-state index contributed by atoms with van der Waals surface area (Å²) in [4.78, 5) is 19.3. The summed E-state index contributed by atoms with van der Waals surface area (Å²) in [6.07, 6.45) is -0.107. The molecular formula is C14H12F3N3O3.